The Balaban J connectivity index is 0.00000272. The summed E-state index contributed by atoms with van der Waals surface area (Å²) in [5, 5.41) is 4.30. The fourth-order valence-corrected chi connectivity index (χ4v) is 9.06. The highest BCUT2D eigenvalue weighted by Gasteiger charge is 2.46. The van der Waals surface area contributed by atoms with Crippen LogP contribution in [0.15, 0.2) is 91.0 Å². The van der Waals surface area contributed by atoms with Crippen LogP contribution in [0.5, 0.6) is 0 Å². The molecule has 0 aliphatic carbocycles. The highest BCUT2D eigenvalue weighted by molar-refractivity contribution is 7.95. The van der Waals surface area contributed by atoms with Gasteiger partial charge >= 0.3 is 0 Å². The number of rotatable bonds is 8. The number of hydrogen-bond acceptors (Lipinski definition) is 2. The molecule has 3 aromatic carbocycles. The third-order valence-corrected chi connectivity index (χ3v) is 10.6. The number of ether oxygens (including phenoxy) is 2. The predicted molar refractivity (Wildman–Crippen MR) is 129 cm³/mol. The lowest BCUT2D eigenvalue weighted by Crippen LogP contribution is -3.00. The average Bonchev–Trinajstić information content (AvgIpc) is 2.83. The lowest BCUT2D eigenvalue weighted by Gasteiger charge is -2.31. The SMILES string of the molecule is C[C@H](COC1CCCCO1)C[P+](c1ccccc1)(c1ccccc1)c1ccccc1.[Br-]. The molecule has 1 saturated heterocycles. The van der Waals surface area contributed by atoms with Crippen LogP contribution in [-0.2, 0) is 9.47 Å². The summed E-state index contributed by atoms with van der Waals surface area (Å²) in [5.41, 5.74) is 0. The molecule has 164 valence electrons. The molecule has 1 aliphatic rings. The standard InChI is InChI=1S/C27H32O2P.BrH/c1-23(21-29-27-19-11-12-20-28-27)22-30(24-13-5-2-6-14-24,25-15-7-3-8-16-25)26-17-9-4-10-18-26;/h2-10,13-18,23,27H,11-12,19-22H2,1H3;1H/q+1;/p-1/t23-,27?;/m1./s1. The van der Waals surface area contributed by atoms with Crippen molar-refractivity contribution in [1.82, 2.24) is 0 Å². The zero-order valence-electron chi connectivity index (χ0n) is 18.2. The number of halogens is 1. The van der Waals surface area contributed by atoms with E-state index in [1.54, 1.807) is 0 Å². The van der Waals surface area contributed by atoms with Gasteiger partial charge in [-0.2, -0.15) is 0 Å². The Labute approximate surface area is 198 Å². The fraction of sp³-hybridized carbons (Fsp3) is 0.333. The first-order valence-corrected chi connectivity index (χ1v) is 13.0. The number of benzene rings is 3. The van der Waals surface area contributed by atoms with Crippen molar-refractivity contribution >= 4 is 23.2 Å². The highest BCUT2D eigenvalue weighted by atomic mass is 79.9. The van der Waals surface area contributed by atoms with Crippen molar-refractivity contribution in [3.05, 3.63) is 91.0 Å². The van der Waals surface area contributed by atoms with E-state index >= 15 is 0 Å². The Morgan fingerprint density at radius 3 is 1.71 bits per heavy atom. The van der Waals surface area contributed by atoms with Gasteiger partial charge in [0.25, 0.3) is 0 Å². The van der Waals surface area contributed by atoms with Gasteiger partial charge in [0, 0.05) is 12.5 Å². The topological polar surface area (TPSA) is 18.5 Å². The van der Waals surface area contributed by atoms with Crippen LogP contribution in [0.4, 0.5) is 0 Å². The lowest BCUT2D eigenvalue weighted by molar-refractivity contribution is -0.167. The maximum Gasteiger partial charge on any atom is 0.157 e. The molecule has 1 heterocycles. The van der Waals surface area contributed by atoms with E-state index in [0.717, 1.165) is 32.2 Å². The smallest absolute Gasteiger partial charge is 0.157 e. The minimum atomic E-state index is -1.80. The molecular weight excluding hydrogens is 467 g/mol. The van der Waals surface area contributed by atoms with Crippen LogP contribution in [0, 0.1) is 5.92 Å². The average molecular weight is 499 g/mol. The van der Waals surface area contributed by atoms with Crippen molar-refractivity contribution in [2.75, 3.05) is 19.4 Å². The zero-order chi connectivity index (χ0) is 20.7. The van der Waals surface area contributed by atoms with Crippen LogP contribution in [-0.4, -0.2) is 25.7 Å². The summed E-state index contributed by atoms with van der Waals surface area (Å²) in [6, 6.07) is 33.2. The molecule has 2 atom stereocenters. The van der Waals surface area contributed by atoms with Gasteiger partial charge in [-0.15, -0.1) is 0 Å². The summed E-state index contributed by atoms with van der Waals surface area (Å²) in [7, 11) is -1.80. The maximum absolute atomic E-state index is 6.19. The monoisotopic (exact) mass is 498 g/mol. The molecule has 4 heteroatoms. The van der Waals surface area contributed by atoms with Crippen LogP contribution in [0.2, 0.25) is 0 Å². The Hall–Kier alpha value is -1.51. The first-order chi connectivity index (χ1) is 14.8. The third-order valence-electron chi connectivity index (χ3n) is 5.88. The summed E-state index contributed by atoms with van der Waals surface area (Å²) in [6.07, 6.45) is 4.42. The summed E-state index contributed by atoms with van der Waals surface area (Å²) in [4.78, 5) is 0. The molecule has 0 radical (unpaired) electrons. The molecule has 0 spiro atoms. The first kappa shape index (κ1) is 24.1. The van der Waals surface area contributed by atoms with Gasteiger partial charge in [-0.25, -0.2) is 0 Å². The summed E-state index contributed by atoms with van der Waals surface area (Å²) in [6.45, 7) is 3.89. The molecule has 1 fully saturated rings. The zero-order valence-corrected chi connectivity index (χ0v) is 20.7. The third kappa shape index (κ3) is 5.84. The van der Waals surface area contributed by atoms with Gasteiger partial charge in [-0.05, 0) is 55.7 Å². The minimum Gasteiger partial charge on any atom is -1.00 e. The largest absolute Gasteiger partial charge is 1.00 e. The van der Waals surface area contributed by atoms with Crippen LogP contribution in [0.1, 0.15) is 26.2 Å². The van der Waals surface area contributed by atoms with Gasteiger partial charge in [0.15, 0.2) is 6.29 Å². The van der Waals surface area contributed by atoms with E-state index in [1.165, 1.54) is 22.3 Å². The fourth-order valence-electron chi connectivity index (χ4n) is 4.45. The van der Waals surface area contributed by atoms with Crippen molar-refractivity contribution in [3.8, 4) is 0 Å². The van der Waals surface area contributed by atoms with Crippen LogP contribution in [0.3, 0.4) is 0 Å². The van der Waals surface area contributed by atoms with Gasteiger partial charge in [0.05, 0.1) is 12.8 Å². The van der Waals surface area contributed by atoms with Gasteiger partial charge in [0.1, 0.15) is 23.2 Å². The normalized spacial score (nSPS) is 17.5. The Bertz CT molecular complexity index is 786. The van der Waals surface area contributed by atoms with Gasteiger partial charge in [-0.1, -0.05) is 61.5 Å². The molecule has 0 saturated carbocycles. The molecule has 3 aromatic rings. The highest BCUT2D eigenvalue weighted by Crippen LogP contribution is 2.56. The molecular formula is C27H32BrO2P. The predicted octanol–water partition coefficient (Wildman–Crippen LogP) is 2.16. The molecule has 0 bridgehead atoms. The van der Waals surface area contributed by atoms with Crippen LogP contribution in [0.25, 0.3) is 0 Å². The summed E-state index contributed by atoms with van der Waals surface area (Å²) < 4.78 is 12.0. The van der Waals surface area contributed by atoms with E-state index in [1.807, 2.05) is 0 Å². The van der Waals surface area contributed by atoms with Crippen molar-refractivity contribution < 1.29 is 26.5 Å². The van der Waals surface area contributed by atoms with E-state index in [0.29, 0.717) is 5.92 Å². The molecule has 0 aromatic heterocycles. The Morgan fingerprint density at radius 2 is 1.29 bits per heavy atom. The second kappa shape index (κ2) is 11.9. The van der Waals surface area contributed by atoms with Crippen molar-refractivity contribution in [2.45, 2.75) is 32.5 Å². The molecule has 31 heavy (non-hydrogen) atoms. The van der Waals surface area contributed by atoms with E-state index in [4.69, 9.17) is 9.47 Å². The van der Waals surface area contributed by atoms with Crippen LogP contribution >= 0.6 is 7.26 Å². The van der Waals surface area contributed by atoms with E-state index in [9.17, 15) is 0 Å². The van der Waals surface area contributed by atoms with E-state index in [-0.39, 0.29) is 23.3 Å². The van der Waals surface area contributed by atoms with Gasteiger partial charge in [-0.3, -0.25) is 0 Å². The molecule has 1 unspecified atom stereocenters. The van der Waals surface area contributed by atoms with E-state index in [2.05, 4.69) is 97.9 Å². The molecule has 0 N–H and O–H groups in total. The Morgan fingerprint density at radius 1 is 0.806 bits per heavy atom. The minimum absolute atomic E-state index is 0. The molecule has 1 aliphatic heterocycles. The van der Waals surface area contributed by atoms with Gasteiger partial charge < -0.3 is 26.5 Å². The maximum atomic E-state index is 6.19. The second-order valence-corrected chi connectivity index (χ2v) is 11.8. The van der Waals surface area contributed by atoms with Crippen molar-refractivity contribution in [3.63, 3.8) is 0 Å². The molecule has 2 nitrogen and oxygen atoms in total. The second-order valence-electron chi connectivity index (χ2n) is 8.23. The quantitative estimate of drug-likeness (QED) is 0.443. The van der Waals surface area contributed by atoms with Crippen molar-refractivity contribution in [1.29, 1.82) is 0 Å². The van der Waals surface area contributed by atoms with E-state index < -0.39 is 7.26 Å². The molecule has 4 rings (SSSR count). The Kier molecular flexibility index (Phi) is 9.29. The first-order valence-electron chi connectivity index (χ1n) is 11.1. The summed E-state index contributed by atoms with van der Waals surface area (Å²) in [5.74, 6) is 0.421. The molecule has 0 amide bonds. The number of hydrogen-bond donors (Lipinski definition) is 0. The van der Waals surface area contributed by atoms with Gasteiger partial charge in [0.2, 0.25) is 0 Å². The summed E-state index contributed by atoms with van der Waals surface area (Å²) >= 11 is 0. The van der Waals surface area contributed by atoms with Crippen molar-refractivity contribution in [2.24, 2.45) is 5.92 Å². The van der Waals surface area contributed by atoms with Crippen LogP contribution < -0.4 is 32.9 Å². The lowest BCUT2D eigenvalue weighted by atomic mass is 10.2.